The predicted molar refractivity (Wildman–Crippen MR) is 66.5 cm³/mol. The summed E-state index contributed by atoms with van der Waals surface area (Å²) >= 11 is 6.60. The molecule has 1 heterocycles. The van der Waals surface area contributed by atoms with E-state index in [2.05, 4.69) is 0 Å². The normalized spacial score (nSPS) is 15.3. The van der Waals surface area contributed by atoms with E-state index in [0.717, 1.165) is 16.7 Å². The Morgan fingerprint density at radius 3 is 2.72 bits per heavy atom. The molecule has 1 aliphatic rings. The second-order valence-electron chi connectivity index (χ2n) is 3.58. The summed E-state index contributed by atoms with van der Waals surface area (Å²) in [7, 11) is 0. The van der Waals surface area contributed by atoms with Crippen molar-refractivity contribution in [3.05, 3.63) is 38.9 Å². The molecule has 8 heteroatoms. The zero-order chi connectivity index (χ0) is 13.3. The fourth-order valence-electron chi connectivity index (χ4n) is 1.51. The first-order chi connectivity index (χ1) is 8.49. The Morgan fingerprint density at radius 2 is 2.17 bits per heavy atom. The van der Waals surface area contributed by atoms with Crippen LogP contribution in [0.15, 0.2) is 18.2 Å². The Labute approximate surface area is 111 Å². The average Bonchev–Trinajstić information content (AvgIpc) is 2.63. The van der Waals surface area contributed by atoms with Crippen molar-refractivity contribution in [1.82, 2.24) is 4.90 Å². The maximum absolute atomic E-state index is 11.4. The maximum atomic E-state index is 11.4. The Kier molecular flexibility index (Phi) is 3.53. The van der Waals surface area contributed by atoms with Gasteiger partial charge < -0.3 is 0 Å². The molecule has 2 rings (SSSR count). The molecule has 0 bridgehead atoms. The molecule has 0 N–H and O–H groups in total. The van der Waals surface area contributed by atoms with Crippen molar-refractivity contribution in [3.63, 3.8) is 0 Å². The minimum atomic E-state index is -0.603. The van der Waals surface area contributed by atoms with Crippen LogP contribution >= 0.6 is 23.4 Å². The van der Waals surface area contributed by atoms with E-state index < -0.39 is 4.92 Å². The van der Waals surface area contributed by atoms with Crippen LogP contribution in [-0.4, -0.2) is 26.7 Å². The second kappa shape index (κ2) is 4.95. The smallest absolute Gasteiger partial charge is 0.273 e. The Bertz CT molecular complexity index is 533. The van der Waals surface area contributed by atoms with Crippen LogP contribution < -0.4 is 0 Å². The number of hydrogen-bond donors (Lipinski definition) is 0. The molecule has 1 aromatic carbocycles. The number of benzene rings is 1. The number of carbonyl (C=O) groups excluding carboxylic acids is 2. The van der Waals surface area contributed by atoms with Crippen molar-refractivity contribution < 1.29 is 14.5 Å². The highest BCUT2D eigenvalue weighted by Crippen LogP contribution is 2.27. The van der Waals surface area contributed by atoms with Gasteiger partial charge >= 0.3 is 0 Å². The lowest BCUT2D eigenvalue weighted by atomic mass is 10.2. The number of nitro groups is 1. The van der Waals surface area contributed by atoms with Gasteiger partial charge in [-0.2, -0.15) is 0 Å². The van der Waals surface area contributed by atoms with Crippen molar-refractivity contribution in [2.75, 3.05) is 5.75 Å². The lowest BCUT2D eigenvalue weighted by Crippen LogP contribution is -2.27. The summed E-state index contributed by atoms with van der Waals surface area (Å²) in [5, 5.41) is 10.4. The van der Waals surface area contributed by atoms with Gasteiger partial charge in [0.2, 0.25) is 5.91 Å². The quantitative estimate of drug-likeness (QED) is 0.630. The van der Waals surface area contributed by atoms with Crippen LogP contribution in [0, 0.1) is 10.1 Å². The molecule has 0 atom stereocenters. The Balaban J connectivity index is 2.24. The van der Waals surface area contributed by atoms with Crippen molar-refractivity contribution in [2.24, 2.45) is 0 Å². The SMILES string of the molecule is O=C1CSC(=O)N1Cc1ccc(Cl)c([N+](=O)[O-])c1. The molecule has 18 heavy (non-hydrogen) atoms. The van der Waals surface area contributed by atoms with E-state index in [0.29, 0.717) is 5.56 Å². The molecule has 1 saturated heterocycles. The number of halogens is 1. The van der Waals surface area contributed by atoms with Crippen LogP contribution in [-0.2, 0) is 11.3 Å². The number of imide groups is 1. The summed E-state index contributed by atoms with van der Waals surface area (Å²) in [6.07, 6.45) is 0. The lowest BCUT2D eigenvalue weighted by molar-refractivity contribution is -0.384. The van der Waals surface area contributed by atoms with Crippen LogP contribution in [0.5, 0.6) is 0 Å². The second-order valence-corrected chi connectivity index (χ2v) is 4.91. The number of hydrogen-bond acceptors (Lipinski definition) is 5. The van der Waals surface area contributed by atoms with E-state index >= 15 is 0 Å². The van der Waals surface area contributed by atoms with Gasteiger partial charge in [0.25, 0.3) is 10.9 Å². The topological polar surface area (TPSA) is 80.5 Å². The molecule has 2 amide bonds. The third-order valence-electron chi connectivity index (χ3n) is 2.39. The third-order valence-corrected chi connectivity index (χ3v) is 3.57. The molecular formula is C10H7ClN2O4S. The maximum Gasteiger partial charge on any atom is 0.289 e. The highest BCUT2D eigenvalue weighted by molar-refractivity contribution is 8.14. The fraction of sp³-hybridized carbons (Fsp3) is 0.200. The van der Waals surface area contributed by atoms with E-state index in [9.17, 15) is 19.7 Å². The monoisotopic (exact) mass is 286 g/mol. The lowest BCUT2D eigenvalue weighted by Gasteiger charge is -2.12. The number of nitro benzene ring substituents is 1. The molecule has 1 aliphatic heterocycles. The number of carbonyl (C=O) groups is 2. The van der Waals surface area contributed by atoms with Gasteiger partial charge in [-0.3, -0.25) is 24.6 Å². The minimum absolute atomic E-state index is 0.0252. The molecule has 0 radical (unpaired) electrons. The molecule has 0 aliphatic carbocycles. The Hall–Kier alpha value is -1.60. The summed E-state index contributed by atoms with van der Waals surface area (Å²) in [6.45, 7) is 0.0304. The third kappa shape index (κ3) is 2.46. The van der Waals surface area contributed by atoms with E-state index in [1.165, 1.54) is 12.1 Å². The van der Waals surface area contributed by atoms with Gasteiger partial charge in [-0.05, 0) is 11.6 Å². The molecule has 0 unspecified atom stereocenters. The van der Waals surface area contributed by atoms with Crippen LogP contribution in [0.1, 0.15) is 5.56 Å². The first-order valence-corrected chi connectivity index (χ1v) is 6.25. The largest absolute Gasteiger partial charge is 0.289 e. The van der Waals surface area contributed by atoms with Gasteiger partial charge in [0.05, 0.1) is 17.2 Å². The van der Waals surface area contributed by atoms with E-state index in [1.807, 2.05) is 0 Å². The standard InChI is InChI=1S/C10H7ClN2O4S/c11-7-2-1-6(3-8(7)13(16)17)4-12-9(14)5-18-10(12)15/h1-3H,4-5H2. The van der Waals surface area contributed by atoms with Crippen molar-refractivity contribution in [3.8, 4) is 0 Å². The van der Waals surface area contributed by atoms with Gasteiger partial charge in [0.15, 0.2) is 0 Å². The molecule has 1 fully saturated rings. The van der Waals surface area contributed by atoms with Gasteiger partial charge in [-0.15, -0.1) is 0 Å². The highest BCUT2D eigenvalue weighted by Gasteiger charge is 2.30. The number of rotatable bonds is 3. The summed E-state index contributed by atoms with van der Waals surface area (Å²) in [5.74, 6) is -0.170. The van der Waals surface area contributed by atoms with Crippen molar-refractivity contribution >= 4 is 40.2 Å². The number of amides is 2. The zero-order valence-electron chi connectivity index (χ0n) is 8.96. The van der Waals surface area contributed by atoms with E-state index in [1.54, 1.807) is 6.07 Å². The van der Waals surface area contributed by atoms with Crippen LogP contribution in [0.25, 0.3) is 0 Å². The average molecular weight is 287 g/mol. The fourth-order valence-corrected chi connectivity index (χ4v) is 2.42. The molecule has 0 aromatic heterocycles. The van der Waals surface area contributed by atoms with Crippen molar-refractivity contribution in [2.45, 2.75) is 6.54 Å². The minimum Gasteiger partial charge on any atom is -0.273 e. The summed E-state index contributed by atoms with van der Waals surface area (Å²) in [4.78, 5) is 34.0. The van der Waals surface area contributed by atoms with Crippen LogP contribution in [0.4, 0.5) is 10.5 Å². The molecular weight excluding hydrogens is 280 g/mol. The summed E-state index contributed by atoms with van der Waals surface area (Å²) in [5.41, 5.74) is 0.260. The van der Waals surface area contributed by atoms with Crippen LogP contribution in [0.3, 0.4) is 0 Å². The molecule has 1 aromatic rings. The van der Waals surface area contributed by atoms with Gasteiger partial charge in [0, 0.05) is 6.07 Å². The van der Waals surface area contributed by atoms with Gasteiger partial charge in [-0.25, -0.2) is 0 Å². The summed E-state index contributed by atoms with van der Waals surface area (Å²) in [6, 6.07) is 4.21. The van der Waals surface area contributed by atoms with Gasteiger partial charge in [-0.1, -0.05) is 29.4 Å². The van der Waals surface area contributed by atoms with Gasteiger partial charge in [0.1, 0.15) is 5.02 Å². The highest BCUT2D eigenvalue weighted by atomic mass is 35.5. The van der Waals surface area contributed by atoms with E-state index in [-0.39, 0.29) is 34.2 Å². The first-order valence-electron chi connectivity index (χ1n) is 4.89. The van der Waals surface area contributed by atoms with E-state index in [4.69, 9.17) is 11.6 Å². The number of thioether (sulfide) groups is 1. The molecule has 0 spiro atoms. The Morgan fingerprint density at radius 1 is 1.44 bits per heavy atom. The first kappa shape index (κ1) is 12.8. The van der Waals surface area contributed by atoms with Crippen molar-refractivity contribution in [1.29, 1.82) is 0 Å². The van der Waals surface area contributed by atoms with Crippen LogP contribution in [0.2, 0.25) is 5.02 Å². The predicted octanol–water partition coefficient (Wildman–Crippen LogP) is 2.44. The molecule has 6 nitrogen and oxygen atoms in total. The number of nitrogens with zero attached hydrogens (tertiary/aromatic N) is 2. The summed E-state index contributed by atoms with van der Waals surface area (Å²) < 4.78 is 0. The molecule has 94 valence electrons. The zero-order valence-corrected chi connectivity index (χ0v) is 10.5. The molecule has 0 saturated carbocycles.